The molecule has 25 heavy (non-hydrogen) atoms. The van der Waals surface area contributed by atoms with Crippen molar-refractivity contribution in [3.63, 3.8) is 0 Å². The van der Waals surface area contributed by atoms with Gasteiger partial charge in [0.25, 0.3) is 5.91 Å². The first-order chi connectivity index (χ1) is 12.0. The summed E-state index contributed by atoms with van der Waals surface area (Å²) in [6, 6.07) is 13.6. The van der Waals surface area contributed by atoms with E-state index in [9.17, 15) is 9.59 Å². The van der Waals surface area contributed by atoms with E-state index in [1.807, 2.05) is 24.3 Å². The molecular weight excluding hydrogens is 340 g/mol. The predicted molar refractivity (Wildman–Crippen MR) is 97.3 cm³/mol. The van der Waals surface area contributed by atoms with E-state index >= 15 is 0 Å². The third-order valence-corrected chi connectivity index (χ3v) is 4.73. The number of carbonyl (C=O) groups excluding carboxylic acids is 2. The zero-order valence-corrected chi connectivity index (χ0v) is 14.9. The number of nitrogens with zero attached hydrogens (tertiary/aromatic N) is 2. The Kier molecular flexibility index (Phi) is 4.95. The number of ether oxygens (including phenoxy) is 1. The van der Waals surface area contributed by atoms with E-state index in [1.165, 1.54) is 0 Å². The minimum absolute atomic E-state index is 0.114. The first kappa shape index (κ1) is 17.3. The highest BCUT2D eigenvalue weighted by Crippen LogP contribution is 2.25. The number of amides is 2. The molecule has 6 heteroatoms. The van der Waals surface area contributed by atoms with Gasteiger partial charge < -0.3 is 14.5 Å². The average Bonchev–Trinajstić information content (AvgIpc) is 2.64. The lowest BCUT2D eigenvalue weighted by Crippen LogP contribution is -2.57. The van der Waals surface area contributed by atoms with E-state index in [4.69, 9.17) is 16.3 Å². The van der Waals surface area contributed by atoms with E-state index in [-0.39, 0.29) is 11.8 Å². The molecule has 1 heterocycles. The second kappa shape index (κ2) is 7.15. The smallest absolute Gasteiger partial charge is 0.256 e. The van der Waals surface area contributed by atoms with E-state index in [1.54, 1.807) is 48.1 Å². The highest BCUT2D eigenvalue weighted by Gasteiger charge is 2.35. The molecule has 1 atom stereocenters. The normalized spacial score (nSPS) is 17.6. The lowest BCUT2D eigenvalue weighted by atomic mass is 10.1. The highest BCUT2D eigenvalue weighted by molar-refractivity contribution is 6.33. The Morgan fingerprint density at radius 2 is 1.80 bits per heavy atom. The summed E-state index contributed by atoms with van der Waals surface area (Å²) in [6.07, 6.45) is 0. The Bertz CT molecular complexity index is 792. The maximum atomic E-state index is 12.8. The van der Waals surface area contributed by atoms with Crippen LogP contribution in [0.25, 0.3) is 0 Å². The van der Waals surface area contributed by atoms with Gasteiger partial charge in [0.05, 0.1) is 17.7 Å². The van der Waals surface area contributed by atoms with Gasteiger partial charge in [0.2, 0.25) is 5.91 Å². The second-order valence-electron chi connectivity index (χ2n) is 5.84. The number of rotatable bonds is 3. The first-order valence-electron chi connectivity index (χ1n) is 8.04. The van der Waals surface area contributed by atoms with Crippen molar-refractivity contribution >= 4 is 29.1 Å². The summed E-state index contributed by atoms with van der Waals surface area (Å²) in [5.41, 5.74) is 1.21. The van der Waals surface area contributed by atoms with Crippen molar-refractivity contribution in [2.24, 2.45) is 0 Å². The maximum absolute atomic E-state index is 12.8. The van der Waals surface area contributed by atoms with Crippen LogP contribution >= 0.6 is 11.6 Å². The topological polar surface area (TPSA) is 49.9 Å². The van der Waals surface area contributed by atoms with Gasteiger partial charge in [-0.15, -0.1) is 0 Å². The largest absolute Gasteiger partial charge is 0.497 e. The van der Waals surface area contributed by atoms with Crippen LogP contribution in [-0.4, -0.2) is 43.0 Å². The summed E-state index contributed by atoms with van der Waals surface area (Å²) in [4.78, 5) is 28.8. The van der Waals surface area contributed by atoms with Gasteiger partial charge in [0.1, 0.15) is 11.8 Å². The summed E-state index contributed by atoms with van der Waals surface area (Å²) in [5, 5.41) is 0.393. The number of piperazine rings is 1. The van der Waals surface area contributed by atoms with E-state index in [0.29, 0.717) is 23.7 Å². The van der Waals surface area contributed by atoms with Crippen molar-refractivity contribution < 1.29 is 14.3 Å². The molecule has 0 aromatic heterocycles. The van der Waals surface area contributed by atoms with E-state index < -0.39 is 6.04 Å². The van der Waals surface area contributed by atoms with Gasteiger partial charge in [-0.3, -0.25) is 9.59 Å². The van der Waals surface area contributed by atoms with Crippen molar-refractivity contribution in [1.29, 1.82) is 0 Å². The summed E-state index contributed by atoms with van der Waals surface area (Å²) in [5.74, 6) is 0.398. The number of halogens is 1. The van der Waals surface area contributed by atoms with Crippen LogP contribution < -0.4 is 9.64 Å². The zero-order valence-electron chi connectivity index (χ0n) is 14.1. The number of hydrogen-bond donors (Lipinski definition) is 0. The van der Waals surface area contributed by atoms with Crippen LogP contribution in [0.2, 0.25) is 5.02 Å². The summed E-state index contributed by atoms with van der Waals surface area (Å²) < 4.78 is 5.14. The summed E-state index contributed by atoms with van der Waals surface area (Å²) in [6.45, 7) is 2.63. The van der Waals surface area contributed by atoms with Crippen molar-refractivity contribution in [3.8, 4) is 5.75 Å². The lowest BCUT2D eigenvalue weighted by molar-refractivity contribution is -0.124. The molecule has 1 saturated heterocycles. The molecule has 1 aliphatic rings. The number of carbonyl (C=O) groups is 2. The Morgan fingerprint density at radius 3 is 2.44 bits per heavy atom. The van der Waals surface area contributed by atoms with Gasteiger partial charge in [-0.1, -0.05) is 23.7 Å². The van der Waals surface area contributed by atoms with Crippen LogP contribution in [0, 0.1) is 0 Å². The molecule has 5 nitrogen and oxygen atoms in total. The van der Waals surface area contributed by atoms with Crippen LogP contribution in [-0.2, 0) is 4.79 Å². The monoisotopic (exact) mass is 358 g/mol. The zero-order chi connectivity index (χ0) is 18.0. The number of anilines is 1. The maximum Gasteiger partial charge on any atom is 0.256 e. The van der Waals surface area contributed by atoms with Crippen molar-refractivity contribution in [2.75, 3.05) is 25.1 Å². The predicted octanol–water partition coefficient (Wildman–Crippen LogP) is 3.23. The van der Waals surface area contributed by atoms with Crippen molar-refractivity contribution in [3.05, 3.63) is 59.1 Å². The molecule has 0 saturated carbocycles. The van der Waals surface area contributed by atoms with Gasteiger partial charge in [-0.2, -0.15) is 0 Å². The minimum atomic E-state index is -0.556. The molecular formula is C19H19ClN2O3. The fourth-order valence-electron chi connectivity index (χ4n) is 2.96. The minimum Gasteiger partial charge on any atom is -0.497 e. The molecule has 1 aliphatic heterocycles. The quantitative estimate of drug-likeness (QED) is 0.846. The molecule has 0 aliphatic carbocycles. The Morgan fingerprint density at radius 1 is 1.12 bits per heavy atom. The Balaban J connectivity index is 1.79. The molecule has 3 rings (SSSR count). The van der Waals surface area contributed by atoms with Crippen molar-refractivity contribution in [1.82, 2.24) is 4.90 Å². The van der Waals surface area contributed by atoms with Crippen LogP contribution in [0.15, 0.2) is 48.5 Å². The van der Waals surface area contributed by atoms with Gasteiger partial charge >= 0.3 is 0 Å². The van der Waals surface area contributed by atoms with E-state index in [0.717, 1.165) is 11.4 Å². The molecule has 2 aromatic rings. The molecule has 0 bridgehead atoms. The second-order valence-corrected chi connectivity index (χ2v) is 6.25. The van der Waals surface area contributed by atoms with Crippen LogP contribution in [0.4, 0.5) is 5.69 Å². The Hall–Kier alpha value is -2.53. The third-order valence-electron chi connectivity index (χ3n) is 4.40. The molecule has 1 fully saturated rings. The van der Waals surface area contributed by atoms with Gasteiger partial charge in [-0.25, -0.2) is 0 Å². The molecule has 2 amide bonds. The summed E-state index contributed by atoms with van der Waals surface area (Å²) >= 11 is 6.12. The molecule has 0 spiro atoms. The van der Waals surface area contributed by atoms with Crippen LogP contribution in [0.5, 0.6) is 5.75 Å². The number of methoxy groups -OCH3 is 1. The van der Waals surface area contributed by atoms with Crippen LogP contribution in [0.1, 0.15) is 17.3 Å². The molecule has 130 valence electrons. The first-order valence-corrected chi connectivity index (χ1v) is 8.41. The number of hydrogen-bond acceptors (Lipinski definition) is 3. The third kappa shape index (κ3) is 3.33. The molecule has 0 radical (unpaired) electrons. The fourth-order valence-corrected chi connectivity index (χ4v) is 3.17. The SMILES string of the molecule is COc1ccc(N2CCN(C(=O)c3ccccc3Cl)[C@H](C)C2=O)cc1. The van der Waals surface area contributed by atoms with E-state index in [2.05, 4.69) is 0 Å². The molecule has 0 unspecified atom stereocenters. The van der Waals surface area contributed by atoms with Gasteiger partial charge in [0.15, 0.2) is 0 Å². The highest BCUT2D eigenvalue weighted by atomic mass is 35.5. The average molecular weight is 359 g/mol. The Labute approximate surface area is 151 Å². The van der Waals surface area contributed by atoms with Crippen LogP contribution in [0.3, 0.4) is 0 Å². The fraction of sp³-hybridized carbons (Fsp3) is 0.263. The summed E-state index contributed by atoms with van der Waals surface area (Å²) in [7, 11) is 1.60. The molecule has 0 N–H and O–H groups in total. The van der Waals surface area contributed by atoms with Gasteiger partial charge in [0, 0.05) is 18.8 Å². The number of benzene rings is 2. The van der Waals surface area contributed by atoms with Gasteiger partial charge in [-0.05, 0) is 43.3 Å². The standard InChI is InChI=1S/C19H19ClN2O3/c1-13-18(23)22(14-7-9-15(25-2)10-8-14)12-11-21(13)19(24)16-5-3-4-6-17(16)20/h3-10,13H,11-12H2,1-2H3/t13-/m1/s1. The molecule has 2 aromatic carbocycles. The van der Waals surface area contributed by atoms with Crippen molar-refractivity contribution in [2.45, 2.75) is 13.0 Å². The lowest BCUT2D eigenvalue weighted by Gasteiger charge is -2.39.